The lowest BCUT2D eigenvalue weighted by Crippen LogP contribution is -2.48. The van der Waals surface area contributed by atoms with E-state index in [0.717, 1.165) is 22.4 Å². The Morgan fingerprint density at radius 3 is 2.63 bits per heavy atom. The fourth-order valence-corrected chi connectivity index (χ4v) is 4.32. The summed E-state index contributed by atoms with van der Waals surface area (Å²) in [7, 11) is 1.80. The lowest BCUT2D eigenvalue weighted by molar-refractivity contribution is -0.133. The normalized spacial score (nSPS) is 16.5. The summed E-state index contributed by atoms with van der Waals surface area (Å²) in [4.78, 5) is 27.0. The fraction of sp³-hybridized carbons (Fsp3) is 0.429. The average Bonchev–Trinajstić information content (AvgIpc) is 3.14. The van der Waals surface area contributed by atoms with Crippen molar-refractivity contribution in [2.75, 3.05) is 32.1 Å². The van der Waals surface area contributed by atoms with E-state index < -0.39 is 29.7 Å². The molecule has 38 heavy (non-hydrogen) atoms. The first-order valence-corrected chi connectivity index (χ1v) is 12.8. The summed E-state index contributed by atoms with van der Waals surface area (Å²) in [6.45, 7) is 6.13. The number of hydrogen-bond donors (Lipinski definition) is 3. The second kappa shape index (κ2) is 12.8. The van der Waals surface area contributed by atoms with Crippen molar-refractivity contribution >= 4 is 35.5 Å². The minimum atomic E-state index is -0.913. The van der Waals surface area contributed by atoms with E-state index in [1.54, 1.807) is 27.8 Å². The van der Waals surface area contributed by atoms with Crippen LogP contribution >= 0.6 is 11.6 Å². The van der Waals surface area contributed by atoms with Crippen molar-refractivity contribution in [3.05, 3.63) is 52.5 Å². The Hall–Kier alpha value is -3.61. The van der Waals surface area contributed by atoms with Gasteiger partial charge in [-0.15, -0.1) is 0 Å². The SMILES string of the molecule is CNc1cc(-c2ccc(C[C@@H](C#N)NC(=O)[C@@H]3CN(C(=O)OC(C)(C)C)CCCO3)c(Cl)c2)ccc1C=N. The minimum absolute atomic E-state index is 0.0414. The molecule has 3 N–H and O–H groups in total. The van der Waals surface area contributed by atoms with Gasteiger partial charge in [0.05, 0.1) is 12.6 Å². The smallest absolute Gasteiger partial charge is 0.410 e. The maximum Gasteiger partial charge on any atom is 0.410 e. The van der Waals surface area contributed by atoms with Gasteiger partial charge in [0, 0.05) is 49.1 Å². The molecule has 0 aromatic heterocycles. The molecular weight excluding hydrogens is 506 g/mol. The molecule has 0 bridgehead atoms. The molecular formula is C28H34ClN5O4. The molecule has 0 saturated carbocycles. The van der Waals surface area contributed by atoms with Crippen LogP contribution in [0.25, 0.3) is 11.1 Å². The van der Waals surface area contributed by atoms with E-state index in [1.807, 2.05) is 36.4 Å². The number of carbonyl (C=O) groups excluding carboxylic acids is 2. The number of carbonyl (C=O) groups is 2. The van der Waals surface area contributed by atoms with Crippen molar-refractivity contribution in [1.29, 1.82) is 10.7 Å². The highest BCUT2D eigenvalue weighted by Crippen LogP contribution is 2.29. The van der Waals surface area contributed by atoms with Gasteiger partial charge >= 0.3 is 6.09 Å². The van der Waals surface area contributed by atoms with Gasteiger partial charge in [-0.3, -0.25) is 4.79 Å². The molecule has 0 unspecified atom stereocenters. The van der Waals surface area contributed by atoms with Crippen LogP contribution in [0.2, 0.25) is 5.02 Å². The second-order valence-electron chi connectivity index (χ2n) is 10.0. The summed E-state index contributed by atoms with van der Waals surface area (Å²) in [6.07, 6.45) is 0.657. The molecule has 2 amide bonds. The topological polar surface area (TPSA) is 128 Å². The highest BCUT2D eigenvalue weighted by Gasteiger charge is 2.31. The number of benzene rings is 2. The molecule has 1 heterocycles. The van der Waals surface area contributed by atoms with E-state index in [-0.39, 0.29) is 13.0 Å². The molecule has 2 atom stereocenters. The maximum absolute atomic E-state index is 13.0. The van der Waals surface area contributed by atoms with Gasteiger partial charge in [0.2, 0.25) is 0 Å². The van der Waals surface area contributed by atoms with Gasteiger partial charge in [-0.05, 0) is 56.0 Å². The number of anilines is 1. The van der Waals surface area contributed by atoms with E-state index in [0.29, 0.717) is 30.2 Å². The molecule has 1 aliphatic rings. The Bertz CT molecular complexity index is 1220. The van der Waals surface area contributed by atoms with Crippen molar-refractivity contribution in [3.8, 4) is 17.2 Å². The van der Waals surface area contributed by atoms with Crippen LogP contribution in [0, 0.1) is 16.7 Å². The van der Waals surface area contributed by atoms with Gasteiger partial charge in [0.1, 0.15) is 11.6 Å². The summed E-state index contributed by atoms with van der Waals surface area (Å²) in [5.41, 5.74) is 3.48. The number of nitriles is 1. The van der Waals surface area contributed by atoms with E-state index in [1.165, 1.54) is 11.1 Å². The van der Waals surface area contributed by atoms with Crippen molar-refractivity contribution in [1.82, 2.24) is 10.2 Å². The molecule has 0 radical (unpaired) electrons. The Kier molecular flexibility index (Phi) is 9.72. The number of nitrogens with zero attached hydrogens (tertiary/aromatic N) is 2. The second-order valence-corrected chi connectivity index (χ2v) is 10.4. The third-order valence-corrected chi connectivity index (χ3v) is 6.33. The molecule has 1 saturated heterocycles. The van der Waals surface area contributed by atoms with Crippen LogP contribution in [-0.4, -0.2) is 67.6 Å². The van der Waals surface area contributed by atoms with Crippen molar-refractivity contribution in [2.45, 2.75) is 51.4 Å². The Morgan fingerprint density at radius 2 is 2.00 bits per heavy atom. The Balaban J connectivity index is 1.67. The zero-order valence-corrected chi connectivity index (χ0v) is 22.9. The molecule has 2 aromatic carbocycles. The third-order valence-electron chi connectivity index (χ3n) is 5.98. The van der Waals surface area contributed by atoms with Crippen LogP contribution in [-0.2, 0) is 20.7 Å². The predicted octanol–water partition coefficient (Wildman–Crippen LogP) is 4.62. The van der Waals surface area contributed by atoms with Crippen molar-refractivity contribution < 1.29 is 19.1 Å². The predicted molar refractivity (Wildman–Crippen MR) is 148 cm³/mol. The van der Waals surface area contributed by atoms with Gasteiger partial charge in [0.15, 0.2) is 6.10 Å². The number of halogens is 1. The van der Waals surface area contributed by atoms with E-state index in [4.69, 9.17) is 26.5 Å². The first kappa shape index (κ1) is 29.0. The lowest BCUT2D eigenvalue weighted by atomic mass is 9.99. The molecule has 1 aliphatic heterocycles. The monoisotopic (exact) mass is 539 g/mol. The van der Waals surface area contributed by atoms with Gasteiger partial charge in [0.25, 0.3) is 5.91 Å². The van der Waals surface area contributed by atoms with Crippen molar-refractivity contribution in [2.24, 2.45) is 0 Å². The van der Waals surface area contributed by atoms with Crippen LogP contribution in [0.3, 0.4) is 0 Å². The quantitative estimate of drug-likeness (QED) is 0.440. The van der Waals surface area contributed by atoms with Crippen LogP contribution in [0.5, 0.6) is 0 Å². The molecule has 2 aromatic rings. The van der Waals surface area contributed by atoms with Crippen LogP contribution in [0.1, 0.15) is 38.3 Å². The molecule has 202 valence electrons. The standard InChI is InChI=1S/C28H34ClN5O4/c1-28(2,3)38-27(36)34-10-5-11-37-25(17-34)26(35)33-22(16-31)12-20-8-6-18(13-23(20)29)19-7-9-21(15-30)24(14-19)32-4/h6-9,13-15,22,25,30,32H,5,10-12,17H2,1-4H3,(H,33,35)/t22-,25-/m0/s1. The van der Waals surface area contributed by atoms with Crippen molar-refractivity contribution in [3.63, 3.8) is 0 Å². The van der Waals surface area contributed by atoms with Crippen LogP contribution < -0.4 is 10.6 Å². The van der Waals surface area contributed by atoms with E-state index in [2.05, 4.69) is 16.7 Å². The minimum Gasteiger partial charge on any atom is -0.444 e. The molecule has 0 spiro atoms. The molecule has 10 heteroatoms. The third kappa shape index (κ3) is 7.70. The Morgan fingerprint density at radius 1 is 1.29 bits per heavy atom. The average molecular weight is 540 g/mol. The summed E-state index contributed by atoms with van der Waals surface area (Å²) in [5.74, 6) is -0.467. The van der Waals surface area contributed by atoms with Crippen LogP contribution in [0.4, 0.5) is 10.5 Å². The summed E-state index contributed by atoms with van der Waals surface area (Å²) in [5, 5.41) is 23.5. The van der Waals surface area contributed by atoms with Gasteiger partial charge < -0.3 is 30.4 Å². The molecule has 0 aliphatic carbocycles. The van der Waals surface area contributed by atoms with Gasteiger partial charge in [-0.1, -0.05) is 35.9 Å². The van der Waals surface area contributed by atoms with E-state index >= 15 is 0 Å². The Labute approximate surface area is 228 Å². The van der Waals surface area contributed by atoms with Crippen LogP contribution in [0.15, 0.2) is 36.4 Å². The molecule has 3 rings (SSSR count). The number of hydrogen-bond acceptors (Lipinski definition) is 7. The largest absolute Gasteiger partial charge is 0.444 e. The first-order valence-electron chi connectivity index (χ1n) is 12.4. The molecule has 9 nitrogen and oxygen atoms in total. The zero-order chi connectivity index (χ0) is 27.9. The van der Waals surface area contributed by atoms with Gasteiger partial charge in [-0.2, -0.15) is 5.26 Å². The number of rotatable bonds is 7. The molecule has 1 fully saturated rings. The summed E-state index contributed by atoms with van der Waals surface area (Å²) in [6, 6.07) is 12.6. The number of amides is 2. The first-order chi connectivity index (χ1) is 18.0. The zero-order valence-electron chi connectivity index (χ0n) is 22.1. The maximum atomic E-state index is 13.0. The van der Waals surface area contributed by atoms with Gasteiger partial charge in [-0.25, -0.2) is 4.79 Å². The fourth-order valence-electron chi connectivity index (χ4n) is 4.06. The highest BCUT2D eigenvalue weighted by atomic mass is 35.5. The number of nitrogens with one attached hydrogen (secondary N) is 3. The number of ether oxygens (including phenoxy) is 2. The highest BCUT2D eigenvalue weighted by molar-refractivity contribution is 6.31. The summed E-state index contributed by atoms with van der Waals surface area (Å²) >= 11 is 6.57. The van der Waals surface area contributed by atoms with E-state index in [9.17, 15) is 14.9 Å². The lowest BCUT2D eigenvalue weighted by Gasteiger charge is -2.27. The summed E-state index contributed by atoms with van der Waals surface area (Å²) < 4.78 is 11.1.